The van der Waals surface area contributed by atoms with Gasteiger partial charge in [-0.15, -0.1) is 0 Å². The quantitative estimate of drug-likeness (QED) is 0.845. The van der Waals surface area contributed by atoms with E-state index in [2.05, 4.69) is 10.3 Å². The van der Waals surface area contributed by atoms with Gasteiger partial charge < -0.3 is 15.5 Å². The first-order valence-electron chi connectivity index (χ1n) is 8.35. The molecule has 0 aliphatic heterocycles. The third-order valence-corrected chi connectivity index (χ3v) is 4.37. The summed E-state index contributed by atoms with van der Waals surface area (Å²) >= 11 is 0. The minimum absolute atomic E-state index is 0.167. The molecule has 0 spiro atoms. The first-order valence-corrected chi connectivity index (χ1v) is 8.35. The van der Waals surface area contributed by atoms with Crippen molar-refractivity contribution in [1.29, 1.82) is 0 Å². The number of nitrogens with two attached hydrogens (primary N) is 1. The van der Waals surface area contributed by atoms with Crippen molar-refractivity contribution in [2.24, 2.45) is 0 Å². The molecule has 1 aliphatic carbocycles. The number of hydrogen-bond donors (Lipinski definition) is 2. The average Bonchev–Trinajstić information content (AvgIpc) is 3.00. The van der Waals surface area contributed by atoms with Crippen molar-refractivity contribution in [2.45, 2.75) is 51.0 Å². The Hall–Kier alpha value is -2.30. The van der Waals surface area contributed by atoms with Gasteiger partial charge in [-0.05, 0) is 25.0 Å². The molecule has 0 atom stereocenters. The number of carbonyl (C=O) groups excluding carboxylic acids is 1. The van der Waals surface area contributed by atoms with Gasteiger partial charge in [0.2, 0.25) is 5.89 Å². The molecule has 23 heavy (non-hydrogen) atoms. The molecular weight excluding hydrogens is 290 g/mol. The van der Waals surface area contributed by atoms with E-state index in [0.717, 1.165) is 12.8 Å². The number of benzene rings is 1. The number of rotatable bonds is 3. The third kappa shape index (κ3) is 3.92. The average molecular weight is 313 g/mol. The number of amides is 1. The van der Waals surface area contributed by atoms with Crippen LogP contribution in [0.15, 0.2) is 34.9 Å². The molecule has 5 heteroatoms. The Kier molecular flexibility index (Phi) is 4.95. The molecule has 122 valence electrons. The lowest BCUT2D eigenvalue weighted by Crippen LogP contribution is -2.35. The van der Waals surface area contributed by atoms with E-state index in [-0.39, 0.29) is 11.9 Å². The van der Waals surface area contributed by atoms with Gasteiger partial charge in [-0.3, -0.25) is 4.79 Å². The van der Waals surface area contributed by atoms with Gasteiger partial charge in [0.05, 0.1) is 5.56 Å². The van der Waals surface area contributed by atoms with Crippen molar-refractivity contribution in [3.8, 4) is 11.5 Å². The number of para-hydroxylation sites is 1. The van der Waals surface area contributed by atoms with Crippen LogP contribution in [-0.4, -0.2) is 16.9 Å². The van der Waals surface area contributed by atoms with Crippen LogP contribution in [0.4, 0.5) is 5.69 Å². The van der Waals surface area contributed by atoms with E-state index in [0.29, 0.717) is 22.8 Å². The molecule has 1 aromatic heterocycles. The Morgan fingerprint density at radius 2 is 1.83 bits per heavy atom. The maximum Gasteiger partial charge on any atom is 0.273 e. The van der Waals surface area contributed by atoms with Crippen LogP contribution in [0.5, 0.6) is 0 Å². The highest BCUT2D eigenvalue weighted by molar-refractivity contribution is 5.92. The van der Waals surface area contributed by atoms with E-state index in [4.69, 9.17) is 10.2 Å². The predicted octanol–water partition coefficient (Wildman–Crippen LogP) is 3.77. The van der Waals surface area contributed by atoms with Crippen LogP contribution in [0.25, 0.3) is 11.5 Å². The predicted molar refractivity (Wildman–Crippen MR) is 89.9 cm³/mol. The normalized spacial score (nSPS) is 16.5. The Bertz CT molecular complexity index is 658. The zero-order valence-corrected chi connectivity index (χ0v) is 13.3. The van der Waals surface area contributed by atoms with Crippen LogP contribution in [0.2, 0.25) is 0 Å². The number of nitrogen functional groups attached to an aromatic ring is 1. The Morgan fingerprint density at radius 1 is 1.13 bits per heavy atom. The van der Waals surface area contributed by atoms with Gasteiger partial charge in [-0.2, -0.15) is 0 Å². The summed E-state index contributed by atoms with van der Waals surface area (Å²) in [5.41, 5.74) is 7.52. The summed E-state index contributed by atoms with van der Waals surface area (Å²) in [6.07, 6.45) is 9.67. The maximum absolute atomic E-state index is 12.4. The van der Waals surface area contributed by atoms with Crippen LogP contribution in [-0.2, 0) is 0 Å². The van der Waals surface area contributed by atoms with Gasteiger partial charge in [0.1, 0.15) is 6.26 Å². The highest BCUT2D eigenvalue weighted by Gasteiger charge is 2.19. The zero-order chi connectivity index (χ0) is 16.1. The summed E-state index contributed by atoms with van der Waals surface area (Å²) in [7, 11) is 0. The van der Waals surface area contributed by atoms with Gasteiger partial charge >= 0.3 is 0 Å². The summed E-state index contributed by atoms with van der Waals surface area (Å²) in [6, 6.07) is 7.57. The highest BCUT2D eigenvalue weighted by Crippen LogP contribution is 2.24. The fourth-order valence-electron chi connectivity index (χ4n) is 3.05. The summed E-state index contributed by atoms with van der Waals surface area (Å²) in [4.78, 5) is 16.7. The smallest absolute Gasteiger partial charge is 0.273 e. The van der Waals surface area contributed by atoms with Gasteiger partial charge in [-0.1, -0.05) is 44.2 Å². The maximum atomic E-state index is 12.4. The van der Waals surface area contributed by atoms with E-state index in [9.17, 15) is 4.79 Å². The molecule has 1 aliphatic rings. The molecule has 1 fully saturated rings. The molecule has 5 nitrogen and oxygen atoms in total. The standard InChI is InChI=1S/C18H23N3O2/c19-15-11-7-6-10-14(15)18-21-16(12-23-18)17(22)20-13-8-4-2-1-3-5-9-13/h6-7,10-13H,1-5,8-9,19H2,(H,20,22). The zero-order valence-electron chi connectivity index (χ0n) is 13.3. The van der Waals surface area contributed by atoms with Crippen molar-refractivity contribution in [3.05, 3.63) is 36.2 Å². The second-order valence-electron chi connectivity index (χ2n) is 6.14. The molecule has 3 rings (SSSR count). The van der Waals surface area contributed by atoms with Crippen LogP contribution < -0.4 is 11.1 Å². The number of nitrogens with one attached hydrogen (secondary N) is 1. The number of aromatic nitrogens is 1. The summed E-state index contributed by atoms with van der Waals surface area (Å²) in [5, 5.41) is 3.09. The van der Waals surface area contributed by atoms with Crippen molar-refractivity contribution >= 4 is 11.6 Å². The lowest BCUT2D eigenvalue weighted by atomic mass is 9.97. The SMILES string of the molecule is Nc1ccccc1-c1nc(C(=O)NC2CCCCCCC2)co1. The molecule has 1 amide bonds. The van der Waals surface area contributed by atoms with Gasteiger partial charge in [0.25, 0.3) is 5.91 Å². The Balaban J connectivity index is 1.67. The second kappa shape index (κ2) is 7.31. The van der Waals surface area contributed by atoms with E-state index < -0.39 is 0 Å². The fourth-order valence-corrected chi connectivity index (χ4v) is 3.05. The minimum Gasteiger partial charge on any atom is -0.444 e. The number of carbonyl (C=O) groups is 1. The third-order valence-electron chi connectivity index (χ3n) is 4.37. The lowest BCUT2D eigenvalue weighted by molar-refractivity contribution is 0.0925. The van der Waals surface area contributed by atoms with Gasteiger partial charge in [-0.25, -0.2) is 4.98 Å². The number of hydrogen-bond acceptors (Lipinski definition) is 4. The first kappa shape index (κ1) is 15.6. The van der Waals surface area contributed by atoms with Crippen molar-refractivity contribution in [2.75, 3.05) is 5.73 Å². The highest BCUT2D eigenvalue weighted by atomic mass is 16.3. The topological polar surface area (TPSA) is 81.1 Å². The molecule has 3 N–H and O–H groups in total. The van der Waals surface area contributed by atoms with Gasteiger partial charge in [0.15, 0.2) is 5.69 Å². The van der Waals surface area contributed by atoms with E-state index in [1.807, 2.05) is 18.2 Å². The number of anilines is 1. The van der Waals surface area contributed by atoms with Gasteiger partial charge in [0, 0.05) is 11.7 Å². The van der Waals surface area contributed by atoms with Crippen molar-refractivity contribution in [3.63, 3.8) is 0 Å². The van der Waals surface area contributed by atoms with Crippen LogP contribution in [0.1, 0.15) is 55.4 Å². The fraction of sp³-hybridized carbons (Fsp3) is 0.444. The van der Waals surface area contributed by atoms with Crippen molar-refractivity contribution in [1.82, 2.24) is 10.3 Å². The molecule has 0 bridgehead atoms. The van der Waals surface area contributed by atoms with E-state index in [1.165, 1.54) is 38.4 Å². The summed E-state index contributed by atoms with van der Waals surface area (Å²) in [5.74, 6) is 0.214. The summed E-state index contributed by atoms with van der Waals surface area (Å²) < 4.78 is 5.43. The van der Waals surface area contributed by atoms with E-state index in [1.54, 1.807) is 6.07 Å². The molecule has 1 aromatic carbocycles. The van der Waals surface area contributed by atoms with E-state index >= 15 is 0 Å². The number of nitrogens with zero attached hydrogens (tertiary/aromatic N) is 1. The molecule has 1 heterocycles. The van der Waals surface area contributed by atoms with Crippen LogP contribution >= 0.6 is 0 Å². The van der Waals surface area contributed by atoms with Crippen LogP contribution in [0, 0.1) is 0 Å². The molecular formula is C18H23N3O2. The Labute approximate surface area is 136 Å². The van der Waals surface area contributed by atoms with Crippen LogP contribution in [0.3, 0.4) is 0 Å². The molecule has 2 aromatic rings. The Morgan fingerprint density at radius 3 is 2.57 bits per heavy atom. The second-order valence-corrected chi connectivity index (χ2v) is 6.14. The molecule has 1 saturated carbocycles. The monoisotopic (exact) mass is 313 g/mol. The van der Waals surface area contributed by atoms with Crippen molar-refractivity contribution < 1.29 is 9.21 Å². The molecule has 0 unspecified atom stereocenters. The molecule has 0 radical (unpaired) electrons. The molecule has 0 saturated heterocycles. The first-order chi connectivity index (χ1) is 11.2. The largest absolute Gasteiger partial charge is 0.444 e. The number of oxazole rings is 1. The summed E-state index contributed by atoms with van der Waals surface area (Å²) in [6.45, 7) is 0. The lowest BCUT2D eigenvalue weighted by Gasteiger charge is -2.20. The minimum atomic E-state index is -0.167.